The Morgan fingerprint density at radius 3 is 2.67 bits per heavy atom. The SMILES string of the molecule is Cc1cnc(N)c(C(O)c2cn[nH]c2-c2ccccc2)c1. The van der Waals surface area contributed by atoms with E-state index in [4.69, 9.17) is 5.73 Å². The third-order valence-corrected chi connectivity index (χ3v) is 3.41. The molecule has 21 heavy (non-hydrogen) atoms. The minimum absolute atomic E-state index is 0.327. The molecule has 0 radical (unpaired) electrons. The summed E-state index contributed by atoms with van der Waals surface area (Å²) in [5, 5.41) is 17.6. The van der Waals surface area contributed by atoms with E-state index in [0.29, 0.717) is 16.9 Å². The molecule has 1 atom stereocenters. The van der Waals surface area contributed by atoms with Crippen molar-refractivity contribution in [1.82, 2.24) is 15.2 Å². The number of anilines is 1. The first-order chi connectivity index (χ1) is 10.2. The van der Waals surface area contributed by atoms with Crippen LogP contribution in [0.25, 0.3) is 11.3 Å². The number of aryl methyl sites for hydroxylation is 1. The van der Waals surface area contributed by atoms with Crippen LogP contribution in [0.2, 0.25) is 0 Å². The van der Waals surface area contributed by atoms with Gasteiger partial charge in [-0.25, -0.2) is 4.98 Å². The maximum absolute atomic E-state index is 10.6. The van der Waals surface area contributed by atoms with Crippen LogP contribution in [0.15, 0.2) is 48.8 Å². The van der Waals surface area contributed by atoms with Crippen molar-refractivity contribution in [2.24, 2.45) is 0 Å². The van der Waals surface area contributed by atoms with E-state index in [1.165, 1.54) is 0 Å². The summed E-state index contributed by atoms with van der Waals surface area (Å²) in [6.45, 7) is 1.91. The smallest absolute Gasteiger partial charge is 0.129 e. The van der Waals surface area contributed by atoms with Gasteiger partial charge in [-0.15, -0.1) is 0 Å². The molecule has 0 aliphatic heterocycles. The van der Waals surface area contributed by atoms with Gasteiger partial charge < -0.3 is 10.8 Å². The molecule has 0 saturated heterocycles. The summed E-state index contributed by atoms with van der Waals surface area (Å²) < 4.78 is 0. The average molecular weight is 280 g/mol. The van der Waals surface area contributed by atoms with Gasteiger partial charge in [0.2, 0.25) is 0 Å². The van der Waals surface area contributed by atoms with Crippen LogP contribution in [-0.4, -0.2) is 20.3 Å². The van der Waals surface area contributed by atoms with E-state index in [2.05, 4.69) is 15.2 Å². The number of nitrogen functional groups attached to an aromatic ring is 1. The fourth-order valence-electron chi connectivity index (χ4n) is 2.33. The Bertz CT molecular complexity index is 752. The molecule has 4 N–H and O–H groups in total. The Morgan fingerprint density at radius 2 is 1.90 bits per heavy atom. The lowest BCUT2D eigenvalue weighted by atomic mass is 9.98. The van der Waals surface area contributed by atoms with Gasteiger partial charge >= 0.3 is 0 Å². The summed E-state index contributed by atoms with van der Waals surface area (Å²) in [6, 6.07) is 11.6. The molecule has 0 spiro atoms. The first-order valence-corrected chi connectivity index (χ1v) is 6.65. The van der Waals surface area contributed by atoms with Crippen LogP contribution in [0.5, 0.6) is 0 Å². The van der Waals surface area contributed by atoms with Crippen LogP contribution < -0.4 is 5.73 Å². The number of rotatable bonds is 3. The molecular weight excluding hydrogens is 264 g/mol. The van der Waals surface area contributed by atoms with Gasteiger partial charge in [0.05, 0.1) is 11.9 Å². The number of nitrogens with two attached hydrogens (primary N) is 1. The molecule has 0 amide bonds. The van der Waals surface area contributed by atoms with Crippen molar-refractivity contribution in [2.45, 2.75) is 13.0 Å². The molecule has 106 valence electrons. The molecule has 3 rings (SSSR count). The monoisotopic (exact) mass is 280 g/mol. The summed E-state index contributed by atoms with van der Waals surface area (Å²) in [7, 11) is 0. The molecule has 5 nitrogen and oxygen atoms in total. The third kappa shape index (κ3) is 2.51. The Kier molecular flexibility index (Phi) is 3.41. The number of hydrogen-bond acceptors (Lipinski definition) is 4. The lowest BCUT2D eigenvalue weighted by Crippen LogP contribution is -2.06. The first kappa shape index (κ1) is 13.3. The number of nitrogens with one attached hydrogen (secondary N) is 1. The van der Waals surface area contributed by atoms with Crippen molar-refractivity contribution < 1.29 is 5.11 Å². The lowest BCUT2D eigenvalue weighted by Gasteiger charge is -2.14. The van der Waals surface area contributed by atoms with E-state index >= 15 is 0 Å². The third-order valence-electron chi connectivity index (χ3n) is 3.41. The number of nitrogens with zero attached hydrogens (tertiary/aromatic N) is 2. The molecule has 0 aliphatic carbocycles. The molecule has 5 heteroatoms. The second-order valence-corrected chi connectivity index (χ2v) is 4.96. The van der Waals surface area contributed by atoms with E-state index in [1.807, 2.05) is 43.3 Å². The highest BCUT2D eigenvalue weighted by atomic mass is 16.3. The molecule has 1 aromatic carbocycles. The summed E-state index contributed by atoms with van der Waals surface area (Å²) in [5.41, 5.74) is 9.85. The zero-order chi connectivity index (χ0) is 14.8. The van der Waals surface area contributed by atoms with Gasteiger partial charge in [-0.05, 0) is 24.1 Å². The van der Waals surface area contributed by atoms with Gasteiger partial charge in [0.15, 0.2) is 0 Å². The van der Waals surface area contributed by atoms with E-state index in [9.17, 15) is 5.11 Å². The molecule has 3 aromatic rings. The van der Waals surface area contributed by atoms with Crippen molar-refractivity contribution in [3.05, 3.63) is 65.5 Å². The fourth-order valence-corrected chi connectivity index (χ4v) is 2.33. The lowest BCUT2D eigenvalue weighted by molar-refractivity contribution is 0.221. The van der Waals surface area contributed by atoms with Crippen molar-refractivity contribution in [2.75, 3.05) is 5.73 Å². The fraction of sp³-hybridized carbons (Fsp3) is 0.125. The number of aliphatic hydroxyl groups is 1. The number of H-pyrrole nitrogens is 1. The van der Waals surface area contributed by atoms with E-state index in [1.54, 1.807) is 12.4 Å². The first-order valence-electron chi connectivity index (χ1n) is 6.65. The van der Waals surface area contributed by atoms with Crippen LogP contribution in [0.4, 0.5) is 5.82 Å². The second-order valence-electron chi connectivity index (χ2n) is 4.96. The molecule has 0 aliphatic rings. The Labute approximate surface area is 122 Å². The molecule has 1 unspecified atom stereocenters. The van der Waals surface area contributed by atoms with Crippen molar-refractivity contribution in [3.8, 4) is 11.3 Å². The molecule has 2 aromatic heterocycles. The van der Waals surface area contributed by atoms with Crippen LogP contribution in [-0.2, 0) is 0 Å². The van der Waals surface area contributed by atoms with Crippen LogP contribution in [0, 0.1) is 6.92 Å². The number of benzene rings is 1. The minimum atomic E-state index is -0.869. The number of hydrogen-bond donors (Lipinski definition) is 3. The highest BCUT2D eigenvalue weighted by molar-refractivity contribution is 5.64. The molecular formula is C16H16N4O. The Balaban J connectivity index is 2.06. The van der Waals surface area contributed by atoms with E-state index in [-0.39, 0.29) is 0 Å². The molecule has 0 saturated carbocycles. The zero-order valence-electron chi connectivity index (χ0n) is 11.6. The number of aromatic amines is 1. The summed E-state index contributed by atoms with van der Waals surface area (Å²) in [6.07, 6.45) is 2.43. The largest absolute Gasteiger partial charge is 0.383 e. The van der Waals surface area contributed by atoms with Crippen LogP contribution in [0.1, 0.15) is 22.8 Å². The predicted molar refractivity (Wildman–Crippen MR) is 81.5 cm³/mol. The summed E-state index contributed by atoms with van der Waals surface area (Å²) >= 11 is 0. The molecule has 0 fully saturated rings. The zero-order valence-corrected chi connectivity index (χ0v) is 11.6. The van der Waals surface area contributed by atoms with Gasteiger partial charge in [-0.2, -0.15) is 5.10 Å². The van der Waals surface area contributed by atoms with E-state index in [0.717, 1.165) is 16.8 Å². The van der Waals surface area contributed by atoms with Gasteiger partial charge in [-0.3, -0.25) is 5.10 Å². The van der Waals surface area contributed by atoms with Gasteiger partial charge in [0.25, 0.3) is 0 Å². The van der Waals surface area contributed by atoms with Gasteiger partial charge in [0, 0.05) is 17.3 Å². The van der Waals surface area contributed by atoms with Crippen LogP contribution >= 0.6 is 0 Å². The summed E-state index contributed by atoms with van der Waals surface area (Å²) in [5.74, 6) is 0.327. The standard InChI is InChI=1S/C16H16N4O/c1-10-7-12(16(17)18-8-10)15(21)13-9-19-20-14(13)11-5-3-2-4-6-11/h2-9,15,21H,1H3,(H2,17,18)(H,19,20). The maximum atomic E-state index is 10.6. The predicted octanol–water partition coefficient (Wildman–Crippen LogP) is 2.44. The molecule has 0 bridgehead atoms. The highest BCUT2D eigenvalue weighted by Gasteiger charge is 2.20. The number of aliphatic hydroxyl groups excluding tert-OH is 1. The normalized spacial score (nSPS) is 12.3. The van der Waals surface area contributed by atoms with Crippen molar-refractivity contribution in [3.63, 3.8) is 0 Å². The Hall–Kier alpha value is -2.66. The van der Waals surface area contributed by atoms with Gasteiger partial charge in [-0.1, -0.05) is 30.3 Å². The van der Waals surface area contributed by atoms with Crippen molar-refractivity contribution in [1.29, 1.82) is 0 Å². The van der Waals surface area contributed by atoms with Crippen LogP contribution in [0.3, 0.4) is 0 Å². The summed E-state index contributed by atoms with van der Waals surface area (Å²) in [4.78, 5) is 4.10. The number of aromatic nitrogens is 3. The van der Waals surface area contributed by atoms with Gasteiger partial charge in [0.1, 0.15) is 11.9 Å². The number of pyridine rings is 1. The highest BCUT2D eigenvalue weighted by Crippen LogP contribution is 2.32. The minimum Gasteiger partial charge on any atom is -0.383 e. The quantitative estimate of drug-likeness (QED) is 0.687. The van der Waals surface area contributed by atoms with Crippen molar-refractivity contribution >= 4 is 5.82 Å². The second kappa shape index (κ2) is 5.38. The Morgan fingerprint density at radius 1 is 1.14 bits per heavy atom. The average Bonchev–Trinajstić information content (AvgIpc) is 2.99. The molecule has 2 heterocycles. The maximum Gasteiger partial charge on any atom is 0.129 e. The van der Waals surface area contributed by atoms with E-state index < -0.39 is 6.10 Å². The topological polar surface area (TPSA) is 87.8 Å².